The summed E-state index contributed by atoms with van der Waals surface area (Å²) in [5.41, 5.74) is 2.60. The molecule has 128 valence electrons. The molecule has 0 aliphatic rings. The fraction of sp³-hybridized carbons (Fsp3) is 0.200. The van der Waals surface area contributed by atoms with Crippen molar-refractivity contribution < 1.29 is 14.3 Å². The Bertz CT molecular complexity index is 883. The molecule has 2 aromatic carbocycles. The number of hydrogen-bond acceptors (Lipinski definition) is 3. The number of carbonyl (C=O) groups excluding carboxylic acids is 2. The summed E-state index contributed by atoms with van der Waals surface area (Å²) in [7, 11) is 0. The summed E-state index contributed by atoms with van der Waals surface area (Å²) in [5.74, 6) is -0.221. The van der Waals surface area contributed by atoms with Crippen LogP contribution in [0.1, 0.15) is 28.8 Å². The standard InChI is InChI=1S/C20H18BrNO3/c21-16-9-7-14(8-10-16)19(23)6-3-11-25-20(24)12-15-13-22-18-5-2-1-4-17(15)18/h1-2,4-5,7-10,13,22H,3,6,11-12H2. The second-order valence-corrected chi connectivity index (χ2v) is 6.71. The Morgan fingerprint density at radius 3 is 2.60 bits per heavy atom. The van der Waals surface area contributed by atoms with Crippen LogP contribution in [0.25, 0.3) is 10.9 Å². The Morgan fingerprint density at radius 2 is 1.80 bits per heavy atom. The average Bonchev–Trinajstić information content (AvgIpc) is 3.02. The Balaban J connectivity index is 1.43. The predicted octanol–water partition coefficient (Wildman–Crippen LogP) is 4.68. The van der Waals surface area contributed by atoms with E-state index in [-0.39, 0.29) is 24.8 Å². The van der Waals surface area contributed by atoms with Gasteiger partial charge in [0.25, 0.3) is 0 Å². The fourth-order valence-electron chi connectivity index (χ4n) is 2.68. The zero-order valence-corrected chi connectivity index (χ0v) is 15.2. The van der Waals surface area contributed by atoms with Crippen LogP contribution in [-0.4, -0.2) is 23.3 Å². The molecule has 0 spiro atoms. The quantitative estimate of drug-likeness (QED) is 0.356. The van der Waals surface area contributed by atoms with Gasteiger partial charge in [-0.25, -0.2) is 0 Å². The van der Waals surface area contributed by atoms with Crippen LogP contribution in [0.2, 0.25) is 0 Å². The summed E-state index contributed by atoms with van der Waals surface area (Å²) >= 11 is 3.34. The summed E-state index contributed by atoms with van der Waals surface area (Å²) in [5, 5.41) is 1.03. The van der Waals surface area contributed by atoms with E-state index in [9.17, 15) is 9.59 Å². The van der Waals surface area contributed by atoms with E-state index in [1.165, 1.54) is 0 Å². The van der Waals surface area contributed by atoms with Gasteiger partial charge in [0, 0.05) is 33.6 Å². The van der Waals surface area contributed by atoms with Gasteiger partial charge in [-0.05, 0) is 30.2 Å². The molecule has 3 rings (SSSR count). The van der Waals surface area contributed by atoms with Gasteiger partial charge in [0.2, 0.25) is 0 Å². The number of carbonyl (C=O) groups is 2. The molecule has 25 heavy (non-hydrogen) atoms. The van der Waals surface area contributed by atoms with Gasteiger partial charge in [0.15, 0.2) is 5.78 Å². The number of H-pyrrole nitrogens is 1. The van der Waals surface area contributed by atoms with Crippen LogP contribution < -0.4 is 0 Å². The number of rotatable bonds is 7. The van der Waals surface area contributed by atoms with Crippen molar-refractivity contribution in [2.75, 3.05) is 6.61 Å². The number of ether oxygens (including phenoxy) is 1. The second-order valence-electron chi connectivity index (χ2n) is 5.79. The molecule has 0 bridgehead atoms. The highest BCUT2D eigenvalue weighted by molar-refractivity contribution is 9.10. The van der Waals surface area contributed by atoms with Gasteiger partial charge in [0.05, 0.1) is 13.0 Å². The number of para-hydroxylation sites is 1. The highest BCUT2D eigenvalue weighted by atomic mass is 79.9. The number of nitrogens with one attached hydrogen (secondary N) is 1. The SMILES string of the molecule is O=C(Cc1c[nH]c2ccccc12)OCCCC(=O)c1ccc(Br)cc1. The maximum Gasteiger partial charge on any atom is 0.310 e. The lowest BCUT2D eigenvalue weighted by molar-refractivity contribution is -0.142. The van der Waals surface area contributed by atoms with Crippen molar-refractivity contribution in [2.45, 2.75) is 19.3 Å². The van der Waals surface area contributed by atoms with Crippen molar-refractivity contribution in [1.29, 1.82) is 0 Å². The van der Waals surface area contributed by atoms with Crippen LogP contribution >= 0.6 is 15.9 Å². The molecule has 0 fully saturated rings. The minimum Gasteiger partial charge on any atom is -0.465 e. The van der Waals surface area contributed by atoms with Crippen LogP contribution in [0.5, 0.6) is 0 Å². The fourth-order valence-corrected chi connectivity index (χ4v) is 2.95. The summed E-state index contributed by atoms with van der Waals surface area (Å²) < 4.78 is 6.20. The van der Waals surface area contributed by atoms with E-state index >= 15 is 0 Å². The first-order valence-electron chi connectivity index (χ1n) is 8.13. The third kappa shape index (κ3) is 4.57. The van der Waals surface area contributed by atoms with E-state index in [1.807, 2.05) is 42.6 Å². The molecule has 4 nitrogen and oxygen atoms in total. The molecule has 1 N–H and O–H groups in total. The third-order valence-corrected chi connectivity index (χ3v) is 4.52. The maximum atomic E-state index is 12.0. The molecule has 0 aliphatic heterocycles. The minimum atomic E-state index is -0.277. The van der Waals surface area contributed by atoms with E-state index in [0.717, 1.165) is 20.9 Å². The molecule has 5 heteroatoms. The lowest BCUT2D eigenvalue weighted by atomic mass is 10.1. The molecule has 0 atom stereocenters. The van der Waals surface area contributed by atoms with Crippen molar-refractivity contribution in [2.24, 2.45) is 0 Å². The molecule has 3 aromatic rings. The monoisotopic (exact) mass is 399 g/mol. The molecular weight excluding hydrogens is 382 g/mol. The molecule has 0 radical (unpaired) electrons. The molecule has 1 heterocycles. The van der Waals surface area contributed by atoms with Crippen LogP contribution in [0.4, 0.5) is 0 Å². The topological polar surface area (TPSA) is 59.2 Å². The van der Waals surface area contributed by atoms with Crippen molar-refractivity contribution in [1.82, 2.24) is 4.98 Å². The van der Waals surface area contributed by atoms with Crippen LogP contribution in [-0.2, 0) is 16.0 Å². The van der Waals surface area contributed by atoms with Crippen molar-refractivity contribution in [3.05, 3.63) is 70.3 Å². The Labute approximate surface area is 154 Å². The zero-order valence-electron chi connectivity index (χ0n) is 13.6. The van der Waals surface area contributed by atoms with E-state index < -0.39 is 0 Å². The number of ketones is 1. The Hall–Kier alpha value is -2.40. The number of esters is 1. The van der Waals surface area contributed by atoms with Gasteiger partial charge in [-0.3, -0.25) is 9.59 Å². The van der Waals surface area contributed by atoms with Gasteiger partial charge in [0.1, 0.15) is 0 Å². The number of hydrogen-bond donors (Lipinski definition) is 1. The van der Waals surface area contributed by atoms with E-state index in [0.29, 0.717) is 18.4 Å². The van der Waals surface area contributed by atoms with Gasteiger partial charge in [-0.1, -0.05) is 46.3 Å². The molecule has 0 saturated carbocycles. The molecule has 0 amide bonds. The summed E-state index contributed by atoms with van der Waals surface area (Å²) in [6.45, 7) is 0.253. The van der Waals surface area contributed by atoms with E-state index in [4.69, 9.17) is 4.74 Å². The normalized spacial score (nSPS) is 10.8. The average molecular weight is 400 g/mol. The number of aromatic nitrogens is 1. The first-order valence-corrected chi connectivity index (χ1v) is 8.92. The first kappa shape index (κ1) is 17.4. The van der Waals surface area contributed by atoms with Gasteiger partial charge in [-0.15, -0.1) is 0 Å². The summed E-state index contributed by atoms with van der Waals surface area (Å²) in [4.78, 5) is 27.2. The van der Waals surface area contributed by atoms with Crippen molar-refractivity contribution in [3.63, 3.8) is 0 Å². The number of halogens is 1. The van der Waals surface area contributed by atoms with Crippen LogP contribution in [0.15, 0.2) is 59.2 Å². The predicted molar refractivity (Wildman–Crippen MR) is 101 cm³/mol. The summed E-state index contributed by atoms with van der Waals surface area (Å²) in [6.07, 6.45) is 2.95. The third-order valence-electron chi connectivity index (χ3n) is 3.99. The number of aromatic amines is 1. The maximum absolute atomic E-state index is 12.0. The smallest absolute Gasteiger partial charge is 0.310 e. The van der Waals surface area contributed by atoms with Crippen LogP contribution in [0.3, 0.4) is 0 Å². The van der Waals surface area contributed by atoms with Gasteiger partial charge >= 0.3 is 5.97 Å². The Morgan fingerprint density at radius 1 is 1.04 bits per heavy atom. The van der Waals surface area contributed by atoms with E-state index in [1.54, 1.807) is 12.1 Å². The molecule has 0 saturated heterocycles. The largest absolute Gasteiger partial charge is 0.465 e. The van der Waals surface area contributed by atoms with Crippen LogP contribution in [0, 0.1) is 0 Å². The first-order chi connectivity index (χ1) is 12.1. The minimum absolute atomic E-state index is 0.0557. The zero-order chi connectivity index (χ0) is 17.6. The highest BCUT2D eigenvalue weighted by Gasteiger charge is 2.10. The lowest BCUT2D eigenvalue weighted by Gasteiger charge is -2.05. The van der Waals surface area contributed by atoms with Gasteiger partial charge < -0.3 is 9.72 Å². The van der Waals surface area contributed by atoms with Crippen molar-refractivity contribution >= 4 is 38.6 Å². The summed E-state index contributed by atoms with van der Waals surface area (Å²) in [6, 6.07) is 15.1. The van der Waals surface area contributed by atoms with Crippen molar-refractivity contribution in [3.8, 4) is 0 Å². The molecular formula is C20H18BrNO3. The van der Waals surface area contributed by atoms with Gasteiger partial charge in [-0.2, -0.15) is 0 Å². The second kappa shape index (κ2) is 8.12. The molecule has 0 unspecified atom stereocenters. The molecule has 0 aliphatic carbocycles. The van der Waals surface area contributed by atoms with E-state index in [2.05, 4.69) is 20.9 Å². The Kier molecular flexibility index (Phi) is 5.66. The molecule has 1 aromatic heterocycles. The highest BCUT2D eigenvalue weighted by Crippen LogP contribution is 2.18. The number of fused-ring (bicyclic) bond motifs is 1. The lowest BCUT2D eigenvalue weighted by Crippen LogP contribution is -2.10. The number of benzene rings is 2. The number of Topliss-reactive ketones (excluding diaryl/α,β-unsaturated/α-hetero) is 1.